The molecule has 0 saturated carbocycles. The van der Waals surface area contributed by atoms with Crippen molar-refractivity contribution in [3.05, 3.63) is 53.7 Å². The van der Waals surface area contributed by atoms with Gasteiger partial charge in [0.1, 0.15) is 5.03 Å². The summed E-state index contributed by atoms with van der Waals surface area (Å²) in [7, 11) is 0. The van der Waals surface area contributed by atoms with Crippen LogP contribution in [0.3, 0.4) is 0 Å². The van der Waals surface area contributed by atoms with Gasteiger partial charge in [-0.1, -0.05) is 42.5 Å². The Labute approximate surface area is 110 Å². The van der Waals surface area contributed by atoms with E-state index < -0.39 is 0 Å². The minimum absolute atomic E-state index is 0.201. The van der Waals surface area contributed by atoms with Gasteiger partial charge in [0, 0.05) is 0 Å². The smallest absolute Gasteiger partial charge is 0.116 e. The molecule has 0 aliphatic rings. The van der Waals surface area contributed by atoms with Gasteiger partial charge in [-0.25, -0.2) is 0 Å². The molecule has 86 valence electrons. The highest BCUT2D eigenvalue weighted by Crippen LogP contribution is 2.23. The molecule has 0 aliphatic carbocycles. The number of nitrogens with two attached hydrogens (primary N) is 1. The SMILES string of the molecule is NC(=S)C(c1ccccc1)c1ccc(S)nn1. The van der Waals surface area contributed by atoms with Gasteiger partial charge in [0.25, 0.3) is 0 Å². The van der Waals surface area contributed by atoms with Crippen LogP contribution in [0, 0.1) is 0 Å². The second-order valence-electron chi connectivity index (χ2n) is 3.56. The van der Waals surface area contributed by atoms with Crippen molar-refractivity contribution in [2.45, 2.75) is 10.9 Å². The Morgan fingerprint density at radius 2 is 1.82 bits per heavy atom. The van der Waals surface area contributed by atoms with Gasteiger partial charge in [0.05, 0.1) is 16.6 Å². The summed E-state index contributed by atoms with van der Waals surface area (Å²) in [5, 5.41) is 8.56. The molecule has 0 fully saturated rings. The second kappa shape index (κ2) is 5.25. The summed E-state index contributed by atoms with van der Waals surface area (Å²) in [5.41, 5.74) is 7.54. The van der Waals surface area contributed by atoms with Crippen LogP contribution in [0.1, 0.15) is 17.2 Å². The number of hydrogen-bond donors (Lipinski definition) is 2. The lowest BCUT2D eigenvalue weighted by atomic mass is 9.95. The van der Waals surface area contributed by atoms with E-state index in [0.29, 0.717) is 10.0 Å². The van der Waals surface area contributed by atoms with E-state index in [2.05, 4.69) is 22.8 Å². The van der Waals surface area contributed by atoms with E-state index in [9.17, 15) is 0 Å². The summed E-state index contributed by atoms with van der Waals surface area (Å²) in [4.78, 5) is 0.386. The standard InChI is InChI=1S/C12H11N3S2/c13-12(17)11(8-4-2-1-3-5-8)9-6-7-10(16)15-14-9/h1-7,11H,(H2,13,17)(H,15,16). The molecule has 2 N–H and O–H groups in total. The summed E-state index contributed by atoms with van der Waals surface area (Å²) in [6, 6.07) is 13.4. The predicted molar refractivity (Wildman–Crippen MR) is 74.4 cm³/mol. The molecule has 3 nitrogen and oxygen atoms in total. The van der Waals surface area contributed by atoms with Crippen LogP contribution in [0.15, 0.2) is 47.5 Å². The Kier molecular flexibility index (Phi) is 3.71. The van der Waals surface area contributed by atoms with Crippen molar-refractivity contribution < 1.29 is 0 Å². The van der Waals surface area contributed by atoms with Crippen molar-refractivity contribution in [1.29, 1.82) is 0 Å². The van der Waals surface area contributed by atoms with E-state index in [1.54, 1.807) is 6.07 Å². The molecule has 1 heterocycles. The number of benzene rings is 1. The zero-order chi connectivity index (χ0) is 12.3. The molecule has 1 atom stereocenters. The normalized spacial score (nSPS) is 12.1. The van der Waals surface area contributed by atoms with Crippen LogP contribution >= 0.6 is 24.8 Å². The minimum Gasteiger partial charge on any atom is -0.392 e. The average molecular weight is 261 g/mol. The molecule has 1 unspecified atom stereocenters. The van der Waals surface area contributed by atoms with Crippen LogP contribution in [0.4, 0.5) is 0 Å². The number of rotatable bonds is 3. The Bertz CT molecular complexity index is 511. The molecule has 0 amide bonds. The first-order valence-electron chi connectivity index (χ1n) is 5.05. The Morgan fingerprint density at radius 1 is 1.12 bits per heavy atom. The van der Waals surface area contributed by atoms with Crippen LogP contribution < -0.4 is 5.73 Å². The van der Waals surface area contributed by atoms with Gasteiger partial charge in [0.15, 0.2) is 0 Å². The second-order valence-corrected chi connectivity index (χ2v) is 4.49. The lowest BCUT2D eigenvalue weighted by Gasteiger charge is -2.14. The zero-order valence-corrected chi connectivity index (χ0v) is 10.7. The van der Waals surface area contributed by atoms with Crippen molar-refractivity contribution in [2.24, 2.45) is 5.73 Å². The fourth-order valence-corrected chi connectivity index (χ4v) is 1.99. The summed E-state index contributed by atoms with van der Waals surface area (Å²) in [6.45, 7) is 0. The van der Waals surface area contributed by atoms with E-state index in [1.165, 1.54) is 0 Å². The van der Waals surface area contributed by atoms with Crippen LogP contribution in [-0.2, 0) is 0 Å². The third kappa shape index (κ3) is 2.81. The number of thiocarbonyl (C=S) groups is 1. The fourth-order valence-electron chi connectivity index (χ4n) is 1.62. The van der Waals surface area contributed by atoms with E-state index in [1.807, 2.05) is 36.4 Å². The average Bonchev–Trinajstić information content (AvgIpc) is 2.33. The molecule has 0 saturated heterocycles. The van der Waals surface area contributed by atoms with Crippen molar-refractivity contribution in [1.82, 2.24) is 10.2 Å². The maximum atomic E-state index is 5.78. The molecule has 2 rings (SSSR count). The first kappa shape index (κ1) is 12.0. The highest BCUT2D eigenvalue weighted by molar-refractivity contribution is 7.80. The largest absolute Gasteiger partial charge is 0.392 e. The molecule has 0 radical (unpaired) electrons. The van der Waals surface area contributed by atoms with Gasteiger partial charge in [-0.3, -0.25) is 0 Å². The topological polar surface area (TPSA) is 51.8 Å². The van der Waals surface area contributed by atoms with Crippen molar-refractivity contribution in [3.8, 4) is 0 Å². The molecular weight excluding hydrogens is 250 g/mol. The van der Waals surface area contributed by atoms with E-state index in [4.69, 9.17) is 18.0 Å². The zero-order valence-electron chi connectivity index (χ0n) is 8.95. The minimum atomic E-state index is -0.201. The van der Waals surface area contributed by atoms with Gasteiger partial charge < -0.3 is 5.73 Å². The third-order valence-corrected chi connectivity index (χ3v) is 2.86. The van der Waals surface area contributed by atoms with Crippen LogP contribution in [0.5, 0.6) is 0 Å². The number of aromatic nitrogens is 2. The summed E-state index contributed by atoms with van der Waals surface area (Å²) < 4.78 is 0. The number of hydrogen-bond acceptors (Lipinski definition) is 4. The van der Waals surface area contributed by atoms with Crippen molar-refractivity contribution in [2.75, 3.05) is 0 Å². The van der Waals surface area contributed by atoms with Gasteiger partial charge in [0.2, 0.25) is 0 Å². The van der Waals surface area contributed by atoms with Gasteiger partial charge >= 0.3 is 0 Å². The number of nitrogens with zero attached hydrogens (tertiary/aromatic N) is 2. The van der Waals surface area contributed by atoms with Crippen LogP contribution in [0.25, 0.3) is 0 Å². The fraction of sp³-hybridized carbons (Fsp3) is 0.0833. The van der Waals surface area contributed by atoms with E-state index in [-0.39, 0.29) is 5.92 Å². The molecule has 0 bridgehead atoms. The lowest BCUT2D eigenvalue weighted by Crippen LogP contribution is -2.21. The van der Waals surface area contributed by atoms with Crippen molar-refractivity contribution in [3.63, 3.8) is 0 Å². The lowest BCUT2D eigenvalue weighted by molar-refractivity contribution is 0.850. The highest BCUT2D eigenvalue weighted by atomic mass is 32.1. The van der Waals surface area contributed by atoms with Crippen molar-refractivity contribution >= 4 is 29.8 Å². The Hall–Kier alpha value is -1.46. The molecule has 17 heavy (non-hydrogen) atoms. The molecule has 5 heteroatoms. The maximum absolute atomic E-state index is 5.78. The summed E-state index contributed by atoms with van der Waals surface area (Å²) in [6.07, 6.45) is 0. The first-order valence-corrected chi connectivity index (χ1v) is 5.91. The van der Waals surface area contributed by atoms with Crippen LogP contribution in [-0.4, -0.2) is 15.2 Å². The molecular formula is C12H11N3S2. The molecule has 0 aliphatic heterocycles. The quantitative estimate of drug-likeness (QED) is 0.657. The summed E-state index contributed by atoms with van der Waals surface area (Å²) >= 11 is 9.21. The van der Waals surface area contributed by atoms with Gasteiger partial charge in [-0.2, -0.15) is 5.10 Å². The maximum Gasteiger partial charge on any atom is 0.116 e. The van der Waals surface area contributed by atoms with E-state index in [0.717, 1.165) is 11.3 Å². The molecule has 1 aromatic heterocycles. The number of thiol groups is 1. The van der Waals surface area contributed by atoms with Gasteiger partial charge in [-0.05, 0) is 17.7 Å². The van der Waals surface area contributed by atoms with Gasteiger partial charge in [-0.15, -0.1) is 17.7 Å². The van der Waals surface area contributed by atoms with Crippen LogP contribution in [0.2, 0.25) is 0 Å². The van der Waals surface area contributed by atoms with E-state index >= 15 is 0 Å². The molecule has 2 aromatic rings. The monoisotopic (exact) mass is 261 g/mol. The highest BCUT2D eigenvalue weighted by Gasteiger charge is 2.18. The Morgan fingerprint density at radius 3 is 2.35 bits per heavy atom. The molecule has 0 spiro atoms. The third-order valence-electron chi connectivity index (χ3n) is 2.38. The Balaban J connectivity index is 2.43. The predicted octanol–water partition coefficient (Wildman–Crippen LogP) is 2.18. The first-order chi connectivity index (χ1) is 8.18. The molecule has 1 aromatic carbocycles. The summed E-state index contributed by atoms with van der Waals surface area (Å²) in [5.74, 6) is -0.201.